The molecule has 2 rings (SSSR count). The zero-order chi connectivity index (χ0) is 10.2. The van der Waals surface area contributed by atoms with Crippen molar-refractivity contribution in [3.05, 3.63) is 0 Å². The van der Waals surface area contributed by atoms with Gasteiger partial charge in [-0.05, 0) is 26.7 Å². The number of ketones is 1. The average Bonchev–Trinajstić information content (AvgIpc) is 2.59. The van der Waals surface area contributed by atoms with Gasteiger partial charge in [-0.2, -0.15) is 0 Å². The zero-order valence-corrected chi connectivity index (χ0v) is 8.97. The second kappa shape index (κ2) is 3.31. The summed E-state index contributed by atoms with van der Waals surface area (Å²) in [6.45, 7) is 5.11. The van der Waals surface area contributed by atoms with E-state index in [4.69, 9.17) is 9.47 Å². The van der Waals surface area contributed by atoms with Gasteiger partial charge in [-0.15, -0.1) is 0 Å². The Bertz CT molecular complexity index is 243. The summed E-state index contributed by atoms with van der Waals surface area (Å²) in [6.07, 6.45) is 3.69. The van der Waals surface area contributed by atoms with Gasteiger partial charge >= 0.3 is 0 Å². The van der Waals surface area contributed by atoms with Crippen molar-refractivity contribution in [2.75, 3.05) is 13.2 Å². The largest absolute Gasteiger partial charge is 0.347 e. The van der Waals surface area contributed by atoms with Gasteiger partial charge in [0.2, 0.25) is 0 Å². The SMILES string of the molecule is CC1(C2(C)CCCCC2=O)OCCO1. The number of hydrogen-bond acceptors (Lipinski definition) is 3. The van der Waals surface area contributed by atoms with E-state index in [0.29, 0.717) is 25.4 Å². The Morgan fingerprint density at radius 1 is 1.14 bits per heavy atom. The standard InChI is InChI=1S/C11H18O3/c1-10(6-4-3-5-9(10)12)11(2)13-7-8-14-11/h3-8H2,1-2H3. The molecule has 1 heterocycles. The molecule has 3 nitrogen and oxygen atoms in total. The van der Waals surface area contributed by atoms with Gasteiger partial charge in [0, 0.05) is 6.42 Å². The summed E-state index contributed by atoms with van der Waals surface area (Å²) < 4.78 is 11.2. The maximum atomic E-state index is 11.9. The highest BCUT2D eigenvalue weighted by Crippen LogP contribution is 2.46. The predicted octanol–water partition coefficient (Wildman–Crippen LogP) is 1.90. The van der Waals surface area contributed by atoms with Crippen LogP contribution in [0.15, 0.2) is 0 Å². The van der Waals surface area contributed by atoms with Gasteiger partial charge < -0.3 is 9.47 Å². The molecule has 0 spiro atoms. The molecule has 14 heavy (non-hydrogen) atoms. The lowest BCUT2D eigenvalue weighted by molar-refractivity contribution is -0.222. The summed E-state index contributed by atoms with van der Waals surface area (Å²) in [7, 11) is 0. The smallest absolute Gasteiger partial charge is 0.177 e. The first kappa shape index (κ1) is 10.1. The fourth-order valence-electron chi connectivity index (χ4n) is 2.49. The highest BCUT2D eigenvalue weighted by molar-refractivity contribution is 5.86. The highest BCUT2D eigenvalue weighted by Gasteiger charge is 2.54. The van der Waals surface area contributed by atoms with E-state index in [1.807, 2.05) is 13.8 Å². The first-order valence-electron chi connectivity index (χ1n) is 5.40. The van der Waals surface area contributed by atoms with E-state index in [9.17, 15) is 4.79 Å². The number of carbonyl (C=O) groups is 1. The number of carbonyl (C=O) groups excluding carboxylic acids is 1. The molecule has 0 aromatic rings. The minimum absolute atomic E-state index is 0.299. The summed E-state index contributed by atoms with van der Waals surface area (Å²) in [5.41, 5.74) is -0.429. The Balaban J connectivity index is 2.24. The monoisotopic (exact) mass is 198 g/mol. The van der Waals surface area contributed by atoms with Crippen LogP contribution < -0.4 is 0 Å². The lowest BCUT2D eigenvalue weighted by atomic mass is 9.69. The van der Waals surface area contributed by atoms with Crippen molar-refractivity contribution in [1.29, 1.82) is 0 Å². The van der Waals surface area contributed by atoms with Crippen molar-refractivity contribution >= 4 is 5.78 Å². The molecule has 0 radical (unpaired) electrons. The van der Waals surface area contributed by atoms with Crippen molar-refractivity contribution in [3.63, 3.8) is 0 Å². The lowest BCUT2D eigenvalue weighted by Gasteiger charge is -2.43. The molecule has 0 bridgehead atoms. The number of Topliss-reactive ketones (excluding diaryl/α,β-unsaturated/α-hetero) is 1. The predicted molar refractivity (Wildman–Crippen MR) is 51.9 cm³/mol. The van der Waals surface area contributed by atoms with Crippen LogP contribution in [0.5, 0.6) is 0 Å². The van der Waals surface area contributed by atoms with Crippen LogP contribution in [0.25, 0.3) is 0 Å². The molecule has 2 fully saturated rings. The molecule has 1 atom stereocenters. The molecular weight excluding hydrogens is 180 g/mol. The second-order valence-corrected chi connectivity index (χ2v) is 4.61. The van der Waals surface area contributed by atoms with Crippen molar-refractivity contribution < 1.29 is 14.3 Å². The summed E-state index contributed by atoms with van der Waals surface area (Å²) in [5, 5.41) is 0. The third-order valence-corrected chi connectivity index (χ3v) is 3.79. The van der Waals surface area contributed by atoms with Gasteiger partial charge in [-0.25, -0.2) is 0 Å². The Kier molecular flexibility index (Phi) is 2.40. The van der Waals surface area contributed by atoms with Crippen molar-refractivity contribution in [3.8, 4) is 0 Å². The van der Waals surface area contributed by atoms with E-state index in [1.165, 1.54) is 0 Å². The van der Waals surface area contributed by atoms with Gasteiger partial charge in [0.1, 0.15) is 5.78 Å². The van der Waals surface area contributed by atoms with E-state index >= 15 is 0 Å². The minimum Gasteiger partial charge on any atom is -0.347 e. The molecule has 0 N–H and O–H groups in total. The summed E-state index contributed by atoms with van der Waals surface area (Å²) in [5.74, 6) is -0.377. The Morgan fingerprint density at radius 3 is 2.36 bits per heavy atom. The Morgan fingerprint density at radius 2 is 1.79 bits per heavy atom. The highest BCUT2D eigenvalue weighted by atomic mass is 16.7. The Hall–Kier alpha value is -0.410. The molecule has 0 amide bonds. The molecule has 1 saturated carbocycles. The van der Waals surface area contributed by atoms with E-state index in [-0.39, 0.29) is 0 Å². The minimum atomic E-state index is -0.676. The van der Waals surface area contributed by atoms with E-state index in [2.05, 4.69) is 0 Å². The van der Waals surface area contributed by atoms with Crippen LogP contribution in [0.4, 0.5) is 0 Å². The van der Waals surface area contributed by atoms with Gasteiger partial charge in [0.25, 0.3) is 0 Å². The number of rotatable bonds is 1. The van der Waals surface area contributed by atoms with Crippen LogP contribution in [-0.4, -0.2) is 24.8 Å². The van der Waals surface area contributed by atoms with Gasteiger partial charge in [-0.3, -0.25) is 4.79 Å². The first-order chi connectivity index (χ1) is 6.58. The molecule has 1 saturated heterocycles. The van der Waals surface area contributed by atoms with Gasteiger partial charge in [-0.1, -0.05) is 6.42 Å². The average molecular weight is 198 g/mol. The van der Waals surface area contributed by atoms with E-state index in [0.717, 1.165) is 19.3 Å². The molecule has 0 aromatic carbocycles. The summed E-state index contributed by atoms with van der Waals surface area (Å²) in [6, 6.07) is 0. The molecule has 1 aliphatic carbocycles. The van der Waals surface area contributed by atoms with Crippen LogP contribution in [0.3, 0.4) is 0 Å². The Labute approximate surface area is 84.8 Å². The van der Waals surface area contributed by atoms with Crippen LogP contribution >= 0.6 is 0 Å². The summed E-state index contributed by atoms with van der Waals surface area (Å²) >= 11 is 0. The summed E-state index contributed by atoms with van der Waals surface area (Å²) in [4.78, 5) is 11.9. The molecule has 1 unspecified atom stereocenters. The molecule has 80 valence electrons. The fraction of sp³-hybridized carbons (Fsp3) is 0.909. The van der Waals surface area contributed by atoms with Crippen molar-refractivity contribution in [2.45, 2.75) is 45.3 Å². The van der Waals surface area contributed by atoms with Crippen LogP contribution in [0, 0.1) is 5.41 Å². The van der Waals surface area contributed by atoms with E-state index < -0.39 is 11.2 Å². The van der Waals surface area contributed by atoms with Crippen molar-refractivity contribution in [2.24, 2.45) is 5.41 Å². The number of ether oxygens (including phenoxy) is 2. The fourth-order valence-corrected chi connectivity index (χ4v) is 2.49. The third kappa shape index (κ3) is 1.30. The maximum absolute atomic E-state index is 11.9. The molecule has 1 aliphatic heterocycles. The van der Waals surface area contributed by atoms with E-state index in [1.54, 1.807) is 0 Å². The topological polar surface area (TPSA) is 35.5 Å². The van der Waals surface area contributed by atoms with Crippen LogP contribution in [0.1, 0.15) is 39.5 Å². The van der Waals surface area contributed by atoms with Crippen LogP contribution in [-0.2, 0) is 14.3 Å². The third-order valence-electron chi connectivity index (χ3n) is 3.79. The second-order valence-electron chi connectivity index (χ2n) is 4.61. The normalized spacial score (nSPS) is 37.4. The first-order valence-corrected chi connectivity index (χ1v) is 5.40. The molecular formula is C11H18O3. The molecule has 3 heteroatoms. The van der Waals surface area contributed by atoms with Gasteiger partial charge in [0.05, 0.1) is 18.6 Å². The van der Waals surface area contributed by atoms with Crippen LogP contribution in [0.2, 0.25) is 0 Å². The van der Waals surface area contributed by atoms with Gasteiger partial charge in [0.15, 0.2) is 5.79 Å². The quantitative estimate of drug-likeness (QED) is 0.645. The number of hydrogen-bond donors (Lipinski definition) is 0. The maximum Gasteiger partial charge on any atom is 0.177 e. The molecule has 0 aromatic heterocycles. The lowest BCUT2D eigenvalue weighted by Crippen LogP contribution is -2.51. The van der Waals surface area contributed by atoms with Crippen molar-refractivity contribution in [1.82, 2.24) is 0 Å². The molecule has 2 aliphatic rings. The zero-order valence-electron chi connectivity index (χ0n) is 8.97.